The number of hydrogen-bond acceptors (Lipinski definition) is 5. The van der Waals surface area contributed by atoms with Crippen LogP contribution < -0.4 is 15.8 Å². The van der Waals surface area contributed by atoms with E-state index in [2.05, 4.69) is 22.4 Å². The van der Waals surface area contributed by atoms with E-state index in [9.17, 15) is 9.90 Å². The topological polar surface area (TPSA) is 113 Å². The molecular weight excluding hydrogens is 356 g/mol. The molecular formula is C21H32N4O3. The molecule has 7 nitrogen and oxygen atoms in total. The summed E-state index contributed by atoms with van der Waals surface area (Å²) in [5, 5.41) is 20.1. The minimum atomic E-state index is -0.771. The first-order valence-electron chi connectivity index (χ1n) is 9.92. The Morgan fingerprint density at radius 3 is 2.75 bits per heavy atom. The van der Waals surface area contributed by atoms with Crippen LogP contribution in [0.15, 0.2) is 30.5 Å². The molecule has 2 unspecified atom stereocenters. The van der Waals surface area contributed by atoms with Crippen molar-refractivity contribution >= 4 is 11.6 Å². The van der Waals surface area contributed by atoms with Gasteiger partial charge < -0.3 is 20.9 Å². The summed E-state index contributed by atoms with van der Waals surface area (Å²) in [6.07, 6.45) is 4.39. The fourth-order valence-corrected chi connectivity index (χ4v) is 2.84. The number of benzene rings is 1. The van der Waals surface area contributed by atoms with Gasteiger partial charge in [-0.1, -0.05) is 33.6 Å². The van der Waals surface area contributed by atoms with Crippen LogP contribution >= 0.6 is 0 Å². The van der Waals surface area contributed by atoms with E-state index in [0.29, 0.717) is 17.9 Å². The number of amides is 1. The summed E-state index contributed by atoms with van der Waals surface area (Å²) < 4.78 is 5.84. The summed E-state index contributed by atoms with van der Waals surface area (Å²) in [4.78, 5) is 12.1. The molecule has 5 N–H and O–H groups in total. The van der Waals surface area contributed by atoms with Crippen molar-refractivity contribution in [2.24, 2.45) is 11.7 Å². The van der Waals surface area contributed by atoms with Gasteiger partial charge in [0.15, 0.2) is 0 Å². The van der Waals surface area contributed by atoms with Gasteiger partial charge in [-0.05, 0) is 36.6 Å². The number of hydrogen-bond donors (Lipinski definition) is 4. The number of aromatic nitrogens is 2. The van der Waals surface area contributed by atoms with Crippen molar-refractivity contribution in [2.45, 2.75) is 58.6 Å². The highest BCUT2D eigenvalue weighted by molar-refractivity contribution is 5.91. The fourth-order valence-electron chi connectivity index (χ4n) is 2.84. The number of ether oxygens (including phenoxy) is 1. The van der Waals surface area contributed by atoms with Crippen LogP contribution in [-0.4, -0.2) is 40.0 Å². The minimum absolute atomic E-state index is 0.00370. The van der Waals surface area contributed by atoms with Crippen molar-refractivity contribution in [3.05, 3.63) is 30.5 Å². The number of anilines is 1. The number of unbranched alkanes of at least 4 members (excludes halogenated alkanes) is 2. The van der Waals surface area contributed by atoms with Gasteiger partial charge in [0, 0.05) is 29.9 Å². The Morgan fingerprint density at radius 1 is 1.32 bits per heavy atom. The van der Waals surface area contributed by atoms with Crippen molar-refractivity contribution < 1.29 is 14.6 Å². The van der Waals surface area contributed by atoms with Gasteiger partial charge in [0.05, 0.1) is 5.69 Å². The maximum Gasteiger partial charge on any atom is 0.224 e. The second kappa shape index (κ2) is 10.8. The number of nitrogens with zero attached hydrogens (tertiary/aromatic N) is 1. The molecule has 0 bridgehead atoms. The number of nitrogens with two attached hydrogens (primary N) is 1. The zero-order chi connectivity index (χ0) is 20.5. The third-order valence-corrected chi connectivity index (χ3v) is 4.69. The average molecular weight is 389 g/mol. The predicted molar refractivity (Wildman–Crippen MR) is 111 cm³/mol. The van der Waals surface area contributed by atoms with Crippen LogP contribution in [-0.2, 0) is 4.79 Å². The van der Waals surface area contributed by atoms with Crippen LogP contribution in [0.4, 0.5) is 5.69 Å². The van der Waals surface area contributed by atoms with Gasteiger partial charge in [0.25, 0.3) is 0 Å². The molecule has 2 rings (SSSR count). The summed E-state index contributed by atoms with van der Waals surface area (Å²) in [5.74, 6) is 0.732. The third-order valence-electron chi connectivity index (χ3n) is 4.69. The molecule has 7 heteroatoms. The molecule has 0 saturated heterocycles. The Balaban J connectivity index is 2.12. The Bertz CT molecular complexity index is 731. The fraction of sp³-hybridized carbons (Fsp3) is 0.524. The van der Waals surface area contributed by atoms with E-state index < -0.39 is 6.10 Å². The Kier molecular flexibility index (Phi) is 8.47. The highest BCUT2D eigenvalue weighted by Crippen LogP contribution is 2.32. The molecule has 1 aromatic heterocycles. The van der Waals surface area contributed by atoms with Gasteiger partial charge in [-0.3, -0.25) is 9.89 Å². The van der Waals surface area contributed by atoms with Gasteiger partial charge in [-0.25, -0.2) is 0 Å². The molecule has 1 aromatic carbocycles. The van der Waals surface area contributed by atoms with E-state index in [4.69, 9.17) is 10.5 Å². The quantitative estimate of drug-likeness (QED) is 0.441. The first kappa shape index (κ1) is 21.9. The van der Waals surface area contributed by atoms with Crippen LogP contribution in [0, 0.1) is 5.92 Å². The minimum Gasteiger partial charge on any atom is -0.490 e. The molecule has 0 radical (unpaired) electrons. The molecule has 0 aliphatic heterocycles. The monoisotopic (exact) mass is 388 g/mol. The van der Waals surface area contributed by atoms with E-state index in [1.807, 2.05) is 26.0 Å². The summed E-state index contributed by atoms with van der Waals surface area (Å²) in [7, 11) is 0. The lowest BCUT2D eigenvalue weighted by Gasteiger charge is -2.23. The van der Waals surface area contributed by atoms with Crippen molar-refractivity contribution in [3.8, 4) is 17.0 Å². The number of carbonyl (C=O) groups is 1. The van der Waals surface area contributed by atoms with Crippen molar-refractivity contribution in [1.29, 1.82) is 0 Å². The number of aliphatic hydroxyl groups is 1. The number of rotatable bonds is 11. The second-order valence-corrected chi connectivity index (χ2v) is 7.39. The van der Waals surface area contributed by atoms with Crippen molar-refractivity contribution in [2.75, 3.05) is 11.9 Å². The molecule has 1 heterocycles. The number of H-pyrrole nitrogens is 1. The largest absolute Gasteiger partial charge is 0.490 e. The van der Waals surface area contributed by atoms with E-state index >= 15 is 0 Å². The van der Waals surface area contributed by atoms with Gasteiger partial charge in [0.1, 0.15) is 18.5 Å². The lowest BCUT2D eigenvalue weighted by Crippen LogP contribution is -2.42. The van der Waals surface area contributed by atoms with Gasteiger partial charge >= 0.3 is 0 Å². The molecule has 0 saturated carbocycles. The van der Waals surface area contributed by atoms with Crippen LogP contribution in [0.5, 0.6) is 5.75 Å². The van der Waals surface area contributed by atoms with Crippen LogP contribution in [0.1, 0.15) is 46.5 Å². The van der Waals surface area contributed by atoms with Gasteiger partial charge in [-0.15, -0.1) is 0 Å². The van der Waals surface area contributed by atoms with E-state index in [1.54, 1.807) is 18.3 Å². The molecule has 2 atom stereocenters. The summed E-state index contributed by atoms with van der Waals surface area (Å²) in [6.45, 7) is 6.12. The lowest BCUT2D eigenvalue weighted by atomic mass is 10.0. The third kappa shape index (κ3) is 6.35. The highest BCUT2D eigenvalue weighted by atomic mass is 16.5. The average Bonchev–Trinajstić information content (AvgIpc) is 3.20. The molecule has 0 aliphatic rings. The molecule has 0 spiro atoms. The standard InChI is InChI=1S/C21H32N4O3/c1-4-5-6-7-20(27)24-15-8-9-19(16(12-15)17-10-11-23-25-17)28-13-18(26)21(22)14(2)3/h8-12,14,18,21,26H,4-7,13,22H2,1-3H3,(H,23,25)(H,24,27). The molecule has 28 heavy (non-hydrogen) atoms. The SMILES string of the molecule is CCCCCC(=O)Nc1ccc(OCC(O)C(N)C(C)C)c(-c2ccn[nH]2)c1. The number of aliphatic hydroxyl groups excluding tert-OH is 1. The Hall–Kier alpha value is -2.38. The van der Waals surface area contributed by atoms with E-state index in [-0.39, 0.29) is 24.5 Å². The molecule has 0 aliphatic carbocycles. The van der Waals surface area contributed by atoms with Crippen LogP contribution in [0.3, 0.4) is 0 Å². The Labute approximate surface area is 166 Å². The van der Waals surface area contributed by atoms with Crippen LogP contribution in [0.2, 0.25) is 0 Å². The molecule has 1 amide bonds. The first-order valence-corrected chi connectivity index (χ1v) is 9.92. The van der Waals surface area contributed by atoms with E-state index in [1.165, 1.54) is 0 Å². The smallest absolute Gasteiger partial charge is 0.224 e. The highest BCUT2D eigenvalue weighted by Gasteiger charge is 2.20. The molecule has 154 valence electrons. The Morgan fingerprint density at radius 2 is 2.11 bits per heavy atom. The van der Waals surface area contributed by atoms with Gasteiger partial charge in [-0.2, -0.15) is 5.10 Å². The zero-order valence-electron chi connectivity index (χ0n) is 16.9. The summed E-state index contributed by atoms with van der Waals surface area (Å²) >= 11 is 0. The maximum atomic E-state index is 12.1. The molecule has 2 aromatic rings. The van der Waals surface area contributed by atoms with Crippen molar-refractivity contribution in [1.82, 2.24) is 10.2 Å². The summed E-state index contributed by atoms with van der Waals surface area (Å²) in [5.41, 5.74) is 8.21. The predicted octanol–water partition coefficient (Wildman–Crippen LogP) is 3.32. The zero-order valence-corrected chi connectivity index (χ0v) is 16.9. The lowest BCUT2D eigenvalue weighted by molar-refractivity contribution is -0.116. The molecule has 0 fully saturated rings. The van der Waals surface area contributed by atoms with E-state index in [0.717, 1.165) is 30.5 Å². The number of nitrogens with one attached hydrogen (secondary N) is 2. The van der Waals surface area contributed by atoms with Crippen LogP contribution in [0.25, 0.3) is 11.3 Å². The van der Waals surface area contributed by atoms with Crippen molar-refractivity contribution in [3.63, 3.8) is 0 Å². The summed E-state index contributed by atoms with van der Waals surface area (Å²) in [6, 6.07) is 6.88. The second-order valence-electron chi connectivity index (χ2n) is 7.39. The van der Waals surface area contributed by atoms with Gasteiger partial charge in [0.2, 0.25) is 5.91 Å². The first-order chi connectivity index (χ1) is 13.4. The number of aromatic amines is 1. The maximum absolute atomic E-state index is 12.1. The normalized spacial score (nSPS) is 13.4. The number of carbonyl (C=O) groups excluding carboxylic acids is 1.